The lowest BCUT2D eigenvalue weighted by molar-refractivity contribution is 0.101. The minimum Gasteiger partial charge on any atom is -0.361 e. The first-order valence-corrected chi connectivity index (χ1v) is 9.87. The minimum absolute atomic E-state index is 0.142. The molecule has 0 saturated heterocycles. The number of aromatic nitrogens is 5. The van der Waals surface area contributed by atoms with Crippen LogP contribution in [-0.4, -0.2) is 30.6 Å². The quantitative estimate of drug-likeness (QED) is 0.477. The van der Waals surface area contributed by atoms with Crippen molar-refractivity contribution in [3.05, 3.63) is 81.0 Å². The fourth-order valence-corrected chi connectivity index (χ4v) is 3.42. The van der Waals surface area contributed by atoms with Gasteiger partial charge in [0.05, 0.1) is 24.3 Å². The van der Waals surface area contributed by atoms with Gasteiger partial charge in [0.25, 0.3) is 5.91 Å². The van der Waals surface area contributed by atoms with Gasteiger partial charge in [-0.2, -0.15) is 10.2 Å². The lowest BCUT2D eigenvalue weighted by atomic mass is 10.1. The Balaban J connectivity index is 1.51. The summed E-state index contributed by atoms with van der Waals surface area (Å²) in [6.45, 7) is 4.58. The zero-order valence-corrected chi connectivity index (χ0v) is 17.8. The van der Waals surface area contributed by atoms with Crippen LogP contribution < -0.4 is 5.32 Å². The van der Waals surface area contributed by atoms with E-state index in [0.717, 1.165) is 11.1 Å². The molecule has 1 aromatic carbocycles. The molecular weight excluding hydrogens is 427 g/mol. The van der Waals surface area contributed by atoms with Gasteiger partial charge in [-0.15, -0.1) is 0 Å². The van der Waals surface area contributed by atoms with Crippen molar-refractivity contribution in [1.29, 1.82) is 0 Å². The molecule has 8 nitrogen and oxygen atoms in total. The summed E-state index contributed by atoms with van der Waals surface area (Å²) in [5.74, 6) is 0.300. The van der Waals surface area contributed by atoms with Crippen molar-refractivity contribution in [1.82, 2.24) is 24.7 Å². The van der Waals surface area contributed by atoms with Crippen LogP contribution >= 0.6 is 23.2 Å². The third-order valence-corrected chi connectivity index (χ3v) is 4.97. The molecule has 0 bridgehead atoms. The molecule has 0 aliphatic rings. The number of nitrogens with one attached hydrogen (secondary N) is 1. The Morgan fingerprint density at radius 2 is 2.00 bits per heavy atom. The predicted molar refractivity (Wildman–Crippen MR) is 113 cm³/mol. The van der Waals surface area contributed by atoms with Gasteiger partial charge in [-0.1, -0.05) is 58.2 Å². The summed E-state index contributed by atoms with van der Waals surface area (Å²) in [5, 5.41) is 15.9. The van der Waals surface area contributed by atoms with Crippen molar-refractivity contribution in [2.75, 3.05) is 5.32 Å². The summed E-state index contributed by atoms with van der Waals surface area (Å²) in [7, 11) is 0. The number of nitrogens with zero attached hydrogens (tertiary/aromatic N) is 5. The van der Waals surface area contributed by atoms with E-state index >= 15 is 0 Å². The molecule has 0 atom stereocenters. The molecule has 1 amide bonds. The second-order valence-corrected chi connectivity index (χ2v) is 7.73. The van der Waals surface area contributed by atoms with Crippen LogP contribution in [-0.2, 0) is 13.1 Å². The van der Waals surface area contributed by atoms with Crippen LogP contribution in [0.2, 0.25) is 10.0 Å². The van der Waals surface area contributed by atoms with Gasteiger partial charge in [-0.25, -0.2) is 0 Å². The smallest absolute Gasteiger partial charge is 0.279 e. The van der Waals surface area contributed by atoms with Crippen molar-refractivity contribution in [2.45, 2.75) is 26.9 Å². The number of hydrogen-bond donors (Lipinski definition) is 1. The standard InChI is InChI=1S/C20H18Cl2N6O2/c1-12-4-3-5-14(6-12)8-28-11-17(22)19(25-28)24-20(29)18-16(13(2)30-26-18)10-27-9-15(21)7-23-27/h3-7,9,11H,8,10H2,1-2H3,(H,24,25,29). The normalized spacial score (nSPS) is 11.1. The number of halogens is 2. The van der Waals surface area contributed by atoms with Crippen LogP contribution in [0.5, 0.6) is 0 Å². The Hall–Kier alpha value is -3.10. The van der Waals surface area contributed by atoms with E-state index < -0.39 is 5.91 Å². The van der Waals surface area contributed by atoms with Gasteiger partial charge in [-0.05, 0) is 19.4 Å². The number of rotatable bonds is 6. The Morgan fingerprint density at radius 3 is 2.73 bits per heavy atom. The average Bonchev–Trinajstić information content (AvgIpc) is 3.36. The number of hydrogen-bond acceptors (Lipinski definition) is 5. The van der Waals surface area contributed by atoms with Gasteiger partial charge >= 0.3 is 0 Å². The number of anilines is 1. The van der Waals surface area contributed by atoms with E-state index in [1.54, 1.807) is 28.7 Å². The Labute approximate surface area is 182 Å². The average molecular weight is 445 g/mol. The van der Waals surface area contributed by atoms with Gasteiger partial charge in [0.15, 0.2) is 11.5 Å². The van der Waals surface area contributed by atoms with Gasteiger partial charge in [-0.3, -0.25) is 14.2 Å². The maximum absolute atomic E-state index is 12.8. The highest BCUT2D eigenvalue weighted by Gasteiger charge is 2.22. The van der Waals surface area contributed by atoms with Crippen molar-refractivity contribution in [3.8, 4) is 0 Å². The second kappa shape index (κ2) is 8.33. The van der Waals surface area contributed by atoms with Crippen molar-refractivity contribution < 1.29 is 9.32 Å². The van der Waals surface area contributed by atoms with Crippen molar-refractivity contribution >= 4 is 34.9 Å². The number of amides is 1. The highest BCUT2D eigenvalue weighted by atomic mass is 35.5. The Morgan fingerprint density at radius 1 is 1.17 bits per heavy atom. The van der Waals surface area contributed by atoms with E-state index in [1.165, 1.54) is 6.20 Å². The molecule has 0 radical (unpaired) electrons. The molecule has 3 aromatic heterocycles. The van der Waals surface area contributed by atoms with E-state index in [9.17, 15) is 4.79 Å². The molecule has 0 aliphatic carbocycles. The molecule has 0 aliphatic heterocycles. The first kappa shape index (κ1) is 20.2. The summed E-state index contributed by atoms with van der Waals surface area (Å²) in [5.41, 5.74) is 2.98. The van der Waals surface area contributed by atoms with E-state index in [-0.39, 0.29) is 11.5 Å². The van der Waals surface area contributed by atoms with Gasteiger partial charge in [0.1, 0.15) is 10.8 Å². The molecule has 0 fully saturated rings. The number of benzene rings is 1. The summed E-state index contributed by atoms with van der Waals surface area (Å²) >= 11 is 12.2. The van der Waals surface area contributed by atoms with E-state index in [1.807, 2.05) is 25.1 Å². The predicted octanol–water partition coefficient (Wildman–Crippen LogP) is 4.34. The second-order valence-electron chi connectivity index (χ2n) is 6.89. The summed E-state index contributed by atoms with van der Waals surface area (Å²) in [4.78, 5) is 12.8. The molecule has 4 aromatic rings. The zero-order valence-electron chi connectivity index (χ0n) is 16.3. The minimum atomic E-state index is -0.470. The van der Waals surface area contributed by atoms with Crippen LogP contribution in [0.3, 0.4) is 0 Å². The monoisotopic (exact) mass is 444 g/mol. The molecule has 1 N–H and O–H groups in total. The Bertz CT molecular complexity index is 1210. The molecule has 0 spiro atoms. The summed E-state index contributed by atoms with van der Waals surface area (Å²) in [6, 6.07) is 8.09. The van der Waals surface area contributed by atoms with Crippen molar-refractivity contribution in [3.63, 3.8) is 0 Å². The maximum Gasteiger partial charge on any atom is 0.279 e. The van der Waals surface area contributed by atoms with E-state index in [0.29, 0.717) is 34.5 Å². The number of carbonyl (C=O) groups excluding carboxylic acids is 1. The highest BCUT2D eigenvalue weighted by Crippen LogP contribution is 2.23. The number of aryl methyl sites for hydroxylation is 2. The lowest BCUT2D eigenvalue weighted by Crippen LogP contribution is -2.16. The van der Waals surface area contributed by atoms with Crippen LogP contribution in [0.1, 0.15) is 32.9 Å². The zero-order chi connectivity index (χ0) is 21.3. The first-order chi connectivity index (χ1) is 14.4. The van der Waals surface area contributed by atoms with E-state index in [4.69, 9.17) is 27.7 Å². The number of carbonyl (C=O) groups is 1. The Kier molecular flexibility index (Phi) is 5.61. The first-order valence-electron chi connectivity index (χ1n) is 9.12. The SMILES string of the molecule is Cc1cccc(Cn2cc(Cl)c(NC(=O)c3noc(C)c3Cn3cc(Cl)cn3)n2)c1. The summed E-state index contributed by atoms with van der Waals surface area (Å²) in [6.07, 6.45) is 4.84. The molecular formula is C20H18Cl2N6O2. The molecule has 154 valence electrons. The van der Waals surface area contributed by atoms with Gasteiger partial charge < -0.3 is 9.84 Å². The molecule has 0 unspecified atom stereocenters. The van der Waals surface area contributed by atoms with Gasteiger partial charge in [0, 0.05) is 18.0 Å². The van der Waals surface area contributed by atoms with Crippen LogP contribution in [0, 0.1) is 13.8 Å². The fraction of sp³-hybridized carbons (Fsp3) is 0.200. The molecule has 10 heteroatoms. The van der Waals surface area contributed by atoms with E-state index in [2.05, 4.69) is 26.7 Å². The molecule has 3 heterocycles. The lowest BCUT2D eigenvalue weighted by Gasteiger charge is -2.04. The topological polar surface area (TPSA) is 90.8 Å². The largest absolute Gasteiger partial charge is 0.361 e. The van der Waals surface area contributed by atoms with Crippen LogP contribution in [0.15, 0.2) is 47.4 Å². The molecule has 0 saturated carbocycles. The third-order valence-electron chi connectivity index (χ3n) is 4.50. The summed E-state index contributed by atoms with van der Waals surface area (Å²) < 4.78 is 8.49. The van der Waals surface area contributed by atoms with Crippen molar-refractivity contribution in [2.24, 2.45) is 0 Å². The molecule has 30 heavy (non-hydrogen) atoms. The highest BCUT2D eigenvalue weighted by molar-refractivity contribution is 6.33. The van der Waals surface area contributed by atoms with Crippen LogP contribution in [0.25, 0.3) is 0 Å². The maximum atomic E-state index is 12.8. The van der Waals surface area contributed by atoms with Gasteiger partial charge in [0.2, 0.25) is 0 Å². The third kappa shape index (κ3) is 4.39. The fourth-order valence-electron chi connectivity index (χ4n) is 3.07. The molecule has 4 rings (SSSR count). The van der Waals surface area contributed by atoms with Crippen LogP contribution in [0.4, 0.5) is 5.82 Å².